The van der Waals surface area contributed by atoms with E-state index in [1.165, 1.54) is 25.7 Å². The molecule has 7 heteroatoms. The summed E-state index contributed by atoms with van der Waals surface area (Å²) in [5.41, 5.74) is 1.62. The molecule has 2 aromatic rings. The minimum atomic E-state index is -0.317. The van der Waals surface area contributed by atoms with Crippen molar-refractivity contribution in [3.8, 4) is 5.75 Å². The summed E-state index contributed by atoms with van der Waals surface area (Å²) >= 11 is 5.36. The number of unbranched alkanes of at least 4 members (excludes halogenated alkanes) is 4. The Morgan fingerprint density at radius 1 is 1.00 bits per heavy atom. The molecule has 0 atom stereocenters. The molecule has 188 valence electrons. The van der Waals surface area contributed by atoms with Gasteiger partial charge in [-0.2, -0.15) is 0 Å². The van der Waals surface area contributed by atoms with E-state index in [0.29, 0.717) is 29.3 Å². The molecule has 1 aliphatic rings. The molecule has 1 fully saturated rings. The molecule has 2 amide bonds. The van der Waals surface area contributed by atoms with Crippen LogP contribution in [-0.4, -0.2) is 41.5 Å². The van der Waals surface area contributed by atoms with Gasteiger partial charge in [-0.25, -0.2) is 0 Å². The van der Waals surface area contributed by atoms with Gasteiger partial charge in [0.05, 0.1) is 17.9 Å². The molecule has 0 radical (unpaired) electrons. The number of nitrogens with zero attached hydrogens (tertiary/aromatic N) is 1. The number of hydrogen-bond acceptors (Lipinski definition) is 4. The summed E-state index contributed by atoms with van der Waals surface area (Å²) in [6.07, 6.45) is 7.96. The number of thiocarbonyl (C=S) groups is 1. The maximum absolute atomic E-state index is 13.1. The number of nitrogens with one attached hydrogen (secondary N) is 2. The molecule has 1 aliphatic heterocycles. The predicted molar refractivity (Wildman–Crippen MR) is 145 cm³/mol. The lowest BCUT2D eigenvalue weighted by atomic mass is 9.98. The third-order valence-corrected chi connectivity index (χ3v) is 6.54. The third-order valence-electron chi connectivity index (χ3n) is 6.34. The van der Waals surface area contributed by atoms with Crippen molar-refractivity contribution in [3.05, 3.63) is 59.7 Å². The molecule has 0 bridgehead atoms. The van der Waals surface area contributed by atoms with Crippen LogP contribution in [0.2, 0.25) is 0 Å². The lowest BCUT2D eigenvalue weighted by Gasteiger charge is -2.30. The number of carbonyl (C=O) groups is 2. The van der Waals surface area contributed by atoms with Crippen LogP contribution in [0.25, 0.3) is 0 Å². The van der Waals surface area contributed by atoms with Crippen molar-refractivity contribution in [2.24, 2.45) is 5.92 Å². The second kappa shape index (κ2) is 13.8. The first-order valence-electron chi connectivity index (χ1n) is 12.7. The molecular weight excluding hydrogens is 458 g/mol. The normalized spacial score (nSPS) is 13.8. The number of ether oxygens (including phenoxy) is 1. The Morgan fingerprint density at radius 3 is 2.40 bits per heavy atom. The summed E-state index contributed by atoms with van der Waals surface area (Å²) in [5.74, 6) is 1.06. The summed E-state index contributed by atoms with van der Waals surface area (Å²) in [5, 5.41) is 5.88. The average Bonchev–Trinajstić information content (AvgIpc) is 2.87. The summed E-state index contributed by atoms with van der Waals surface area (Å²) in [6, 6.07) is 14.3. The second-order valence-electron chi connectivity index (χ2n) is 9.22. The zero-order valence-electron chi connectivity index (χ0n) is 20.8. The Morgan fingerprint density at radius 2 is 1.69 bits per heavy atom. The van der Waals surface area contributed by atoms with Crippen LogP contribution >= 0.6 is 12.2 Å². The van der Waals surface area contributed by atoms with E-state index in [-0.39, 0.29) is 16.9 Å². The van der Waals surface area contributed by atoms with Gasteiger partial charge in [-0.05, 0) is 73.8 Å². The highest BCUT2D eigenvalue weighted by Gasteiger charge is 2.23. The van der Waals surface area contributed by atoms with Gasteiger partial charge in [-0.3, -0.25) is 14.9 Å². The van der Waals surface area contributed by atoms with Gasteiger partial charge in [0.15, 0.2) is 5.11 Å². The topological polar surface area (TPSA) is 70.7 Å². The SMILES string of the molecule is CCCCCCCOc1ccc(C(=O)NC(=S)Nc2ccccc2C(=O)N2CCC(C)CC2)cc1. The first-order valence-corrected chi connectivity index (χ1v) is 13.1. The molecule has 1 heterocycles. The van der Waals surface area contributed by atoms with Gasteiger partial charge >= 0.3 is 0 Å². The highest BCUT2D eigenvalue weighted by Crippen LogP contribution is 2.22. The number of rotatable bonds is 10. The summed E-state index contributed by atoms with van der Waals surface area (Å²) < 4.78 is 5.77. The molecule has 2 aromatic carbocycles. The zero-order valence-corrected chi connectivity index (χ0v) is 21.7. The molecule has 0 unspecified atom stereocenters. The van der Waals surface area contributed by atoms with Gasteiger partial charge in [-0.15, -0.1) is 0 Å². The average molecular weight is 496 g/mol. The number of benzene rings is 2. The Kier molecular flexibility index (Phi) is 10.5. The molecule has 35 heavy (non-hydrogen) atoms. The second-order valence-corrected chi connectivity index (χ2v) is 9.62. The van der Waals surface area contributed by atoms with E-state index >= 15 is 0 Å². The number of para-hydroxylation sites is 1. The van der Waals surface area contributed by atoms with Crippen molar-refractivity contribution in [2.45, 2.75) is 58.8 Å². The minimum absolute atomic E-state index is 0.0184. The largest absolute Gasteiger partial charge is 0.494 e. The smallest absolute Gasteiger partial charge is 0.257 e. The third kappa shape index (κ3) is 8.35. The van der Waals surface area contributed by atoms with Crippen molar-refractivity contribution >= 4 is 34.8 Å². The molecule has 0 spiro atoms. The lowest BCUT2D eigenvalue weighted by molar-refractivity contribution is 0.0698. The molecule has 3 rings (SSSR count). The summed E-state index contributed by atoms with van der Waals surface area (Å²) in [4.78, 5) is 27.6. The molecule has 0 saturated carbocycles. The molecule has 6 nitrogen and oxygen atoms in total. The first-order chi connectivity index (χ1) is 17.0. The van der Waals surface area contributed by atoms with Crippen LogP contribution in [0.15, 0.2) is 48.5 Å². The van der Waals surface area contributed by atoms with E-state index in [4.69, 9.17) is 17.0 Å². The Labute approximate surface area is 214 Å². The number of carbonyl (C=O) groups excluding carboxylic acids is 2. The van der Waals surface area contributed by atoms with Crippen LogP contribution in [-0.2, 0) is 0 Å². The van der Waals surface area contributed by atoms with Gasteiger partial charge in [0, 0.05) is 18.7 Å². The number of likely N-dealkylation sites (tertiary alicyclic amines) is 1. The van der Waals surface area contributed by atoms with Gasteiger partial charge in [0.1, 0.15) is 5.75 Å². The van der Waals surface area contributed by atoms with Crippen molar-refractivity contribution in [1.82, 2.24) is 10.2 Å². The van der Waals surface area contributed by atoms with Crippen LogP contribution in [0.3, 0.4) is 0 Å². The minimum Gasteiger partial charge on any atom is -0.494 e. The van der Waals surface area contributed by atoms with E-state index in [1.54, 1.807) is 36.4 Å². The fourth-order valence-electron chi connectivity index (χ4n) is 4.09. The maximum Gasteiger partial charge on any atom is 0.257 e. The molecular formula is C28H37N3O3S. The van der Waals surface area contributed by atoms with Gasteiger partial charge < -0.3 is 15.0 Å². The van der Waals surface area contributed by atoms with Gasteiger partial charge in [-0.1, -0.05) is 51.7 Å². The molecule has 0 aliphatic carbocycles. The van der Waals surface area contributed by atoms with E-state index in [9.17, 15) is 9.59 Å². The van der Waals surface area contributed by atoms with E-state index in [1.807, 2.05) is 17.0 Å². The Hall–Kier alpha value is -2.93. The van der Waals surface area contributed by atoms with Crippen molar-refractivity contribution in [2.75, 3.05) is 25.0 Å². The van der Waals surface area contributed by atoms with Crippen LogP contribution in [0.5, 0.6) is 5.75 Å². The van der Waals surface area contributed by atoms with Crippen LogP contribution in [0.1, 0.15) is 79.5 Å². The molecule has 1 saturated heterocycles. The fraction of sp³-hybridized carbons (Fsp3) is 0.464. The monoisotopic (exact) mass is 495 g/mol. The number of hydrogen-bond donors (Lipinski definition) is 2. The van der Waals surface area contributed by atoms with Gasteiger partial charge in [0.25, 0.3) is 11.8 Å². The number of amides is 2. The number of anilines is 1. The maximum atomic E-state index is 13.1. The van der Waals surface area contributed by atoms with Gasteiger partial charge in [0.2, 0.25) is 0 Å². The zero-order chi connectivity index (χ0) is 25.0. The first kappa shape index (κ1) is 26.7. The van der Waals surface area contributed by atoms with Crippen molar-refractivity contribution in [3.63, 3.8) is 0 Å². The number of piperidine rings is 1. The van der Waals surface area contributed by atoms with E-state index in [0.717, 1.165) is 38.1 Å². The van der Waals surface area contributed by atoms with Crippen molar-refractivity contribution in [1.29, 1.82) is 0 Å². The quantitative estimate of drug-likeness (QED) is 0.311. The Bertz CT molecular complexity index is 985. The highest BCUT2D eigenvalue weighted by molar-refractivity contribution is 7.80. The fourth-order valence-corrected chi connectivity index (χ4v) is 4.29. The predicted octanol–water partition coefficient (Wildman–Crippen LogP) is 6.03. The summed E-state index contributed by atoms with van der Waals surface area (Å²) in [7, 11) is 0. The molecule has 2 N–H and O–H groups in total. The van der Waals surface area contributed by atoms with Crippen LogP contribution in [0, 0.1) is 5.92 Å². The Balaban J connectivity index is 1.51. The van der Waals surface area contributed by atoms with E-state index < -0.39 is 0 Å². The highest BCUT2D eigenvalue weighted by atomic mass is 32.1. The van der Waals surface area contributed by atoms with Crippen molar-refractivity contribution < 1.29 is 14.3 Å². The van der Waals surface area contributed by atoms with Crippen LogP contribution < -0.4 is 15.4 Å². The van der Waals surface area contributed by atoms with E-state index in [2.05, 4.69) is 24.5 Å². The molecule has 0 aromatic heterocycles. The lowest BCUT2D eigenvalue weighted by Crippen LogP contribution is -2.39. The van der Waals surface area contributed by atoms with Crippen LogP contribution in [0.4, 0.5) is 5.69 Å². The standard InChI is InChI=1S/C28H37N3O3S/c1-3-4-5-6-9-20-34-23-14-12-22(13-15-23)26(32)30-28(35)29-25-11-8-7-10-24(25)27(33)31-18-16-21(2)17-19-31/h7-8,10-15,21H,3-6,9,16-20H2,1-2H3,(H2,29,30,32,35). The summed E-state index contributed by atoms with van der Waals surface area (Å²) in [6.45, 7) is 6.61.